The molecule has 0 atom stereocenters. The maximum atomic E-state index is 11.3. The van der Waals surface area contributed by atoms with Gasteiger partial charge in [0.05, 0.1) is 16.7 Å². The first kappa shape index (κ1) is 12.7. The molecule has 2 heterocycles. The van der Waals surface area contributed by atoms with Crippen molar-refractivity contribution in [1.29, 1.82) is 0 Å². The molecule has 6 heteroatoms. The topological polar surface area (TPSA) is 70.2 Å². The molecule has 1 aliphatic rings. The fourth-order valence-corrected chi connectivity index (χ4v) is 2.58. The van der Waals surface area contributed by atoms with Crippen LogP contribution in [0.5, 0.6) is 5.75 Å². The first-order valence-electron chi connectivity index (χ1n) is 6.35. The van der Waals surface area contributed by atoms with Crippen molar-refractivity contribution < 1.29 is 9.66 Å². The maximum absolute atomic E-state index is 11.3. The molecule has 0 N–H and O–H groups in total. The third kappa shape index (κ3) is 2.03. The van der Waals surface area contributed by atoms with Gasteiger partial charge >= 0.3 is 0 Å². The molecule has 0 radical (unpaired) electrons. The third-order valence-electron chi connectivity index (χ3n) is 3.39. The first-order chi connectivity index (χ1) is 9.35. The molecule has 0 saturated heterocycles. The van der Waals surface area contributed by atoms with Gasteiger partial charge in [-0.3, -0.25) is 14.8 Å². The van der Waals surface area contributed by atoms with Gasteiger partial charge in [-0.2, -0.15) is 5.10 Å². The second-order valence-corrected chi connectivity index (χ2v) is 5.68. The van der Waals surface area contributed by atoms with Crippen molar-refractivity contribution in [2.45, 2.75) is 25.9 Å². The molecule has 0 unspecified atom stereocenters. The molecular weight excluding hydrogens is 258 g/mol. The highest BCUT2D eigenvalue weighted by molar-refractivity contribution is 5.75. The van der Waals surface area contributed by atoms with E-state index in [1.54, 1.807) is 36.3 Å². The normalized spacial score (nSPS) is 15.8. The van der Waals surface area contributed by atoms with Crippen molar-refractivity contribution in [2.75, 3.05) is 0 Å². The lowest BCUT2D eigenvalue weighted by atomic mass is 9.98. The van der Waals surface area contributed by atoms with Crippen molar-refractivity contribution in [3.8, 4) is 16.9 Å². The third-order valence-corrected chi connectivity index (χ3v) is 3.39. The van der Waals surface area contributed by atoms with Gasteiger partial charge in [-0.15, -0.1) is 0 Å². The SMILES string of the molecule is Cn1cc(-c2cc3c(cc2[N+](=O)[O-])CC(C)(C)O3)cn1. The molecule has 0 fully saturated rings. The van der Waals surface area contributed by atoms with Crippen LogP contribution in [0.1, 0.15) is 19.4 Å². The first-order valence-corrected chi connectivity index (χ1v) is 6.35. The van der Waals surface area contributed by atoms with Crippen LogP contribution in [-0.2, 0) is 13.5 Å². The zero-order chi connectivity index (χ0) is 14.5. The summed E-state index contributed by atoms with van der Waals surface area (Å²) in [5.74, 6) is 0.722. The maximum Gasteiger partial charge on any atom is 0.277 e. The van der Waals surface area contributed by atoms with Gasteiger partial charge in [0.2, 0.25) is 0 Å². The van der Waals surface area contributed by atoms with Gasteiger partial charge in [-0.25, -0.2) is 0 Å². The highest BCUT2D eigenvalue weighted by Gasteiger charge is 2.33. The highest BCUT2D eigenvalue weighted by Crippen LogP contribution is 2.42. The molecule has 20 heavy (non-hydrogen) atoms. The summed E-state index contributed by atoms with van der Waals surface area (Å²) < 4.78 is 7.47. The number of nitro groups is 1. The molecule has 1 aromatic heterocycles. The fraction of sp³-hybridized carbons (Fsp3) is 0.357. The fourth-order valence-electron chi connectivity index (χ4n) is 2.58. The number of benzene rings is 1. The molecule has 2 aromatic rings. The van der Waals surface area contributed by atoms with Gasteiger partial charge in [0, 0.05) is 36.9 Å². The van der Waals surface area contributed by atoms with E-state index in [0.717, 1.165) is 16.9 Å². The number of ether oxygens (including phenoxy) is 1. The number of fused-ring (bicyclic) bond motifs is 1. The van der Waals surface area contributed by atoms with Crippen molar-refractivity contribution >= 4 is 5.69 Å². The predicted molar refractivity (Wildman–Crippen MR) is 73.7 cm³/mol. The minimum absolute atomic E-state index is 0.0954. The Morgan fingerprint density at radius 3 is 2.80 bits per heavy atom. The zero-order valence-electron chi connectivity index (χ0n) is 11.6. The number of rotatable bonds is 2. The van der Waals surface area contributed by atoms with Crippen LogP contribution in [0, 0.1) is 10.1 Å². The van der Waals surface area contributed by atoms with E-state index in [1.165, 1.54) is 0 Å². The van der Waals surface area contributed by atoms with Gasteiger partial charge in [0.15, 0.2) is 0 Å². The van der Waals surface area contributed by atoms with Gasteiger partial charge in [0.25, 0.3) is 5.69 Å². The smallest absolute Gasteiger partial charge is 0.277 e. The van der Waals surface area contributed by atoms with Crippen molar-refractivity contribution in [3.05, 3.63) is 40.2 Å². The predicted octanol–water partition coefficient (Wildman–Crippen LogP) is 2.71. The van der Waals surface area contributed by atoms with E-state index in [1.807, 2.05) is 13.8 Å². The minimum atomic E-state index is -0.353. The average Bonchev–Trinajstić information content (AvgIpc) is 2.88. The second kappa shape index (κ2) is 4.06. The lowest BCUT2D eigenvalue weighted by Gasteiger charge is -2.16. The van der Waals surface area contributed by atoms with Crippen molar-refractivity contribution in [1.82, 2.24) is 9.78 Å². The number of nitrogens with zero attached hydrogens (tertiary/aromatic N) is 3. The summed E-state index contributed by atoms with van der Waals surface area (Å²) in [7, 11) is 1.78. The van der Waals surface area contributed by atoms with Crippen LogP contribution in [0.2, 0.25) is 0 Å². The average molecular weight is 273 g/mol. The van der Waals surface area contributed by atoms with E-state index in [4.69, 9.17) is 4.74 Å². The van der Waals surface area contributed by atoms with Crippen LogP contribution in [0.4, 0.5) is 5.69 Å². The summed E-state index contributed by atoms with van der Waals surface area (Å²) in [6.07, 6.45) is 4.06. The Bertz CT molecular complexity index is 704. The number of hydrogen-bond acceptors (Lipinski definition) is 4. The van der Waals surface area contributed by atoms with E-state index in [0.29, 0.717) is 12.0 Å². The Kier molecular flexibility index (Phi) is 2.57. The van der Waals surface area contributed by atoms with Gasteiger partial charge < -0.3 is 4.74 Å². The summed E-state index contributed by atoms with van der Waals surface area (Å²) in [5.41, 5.74) is 1.92. The lowest BCUT2D eigenvalue weighted by molar-refractivity contribution is -0.384. The van der Waals surface area contributed by atoms with E-state index in [9.17, 15) is 10.1 Å². The Morgan fingerprint density at radius 1 is 1.45 bits per heavy atom. The van der Waals surface area contributed by atoms with Crippen LogP contribution in [0.3, 0.4) is 0 Å². The van der Waals surface area contributed by atoms with E-state index >= 15 is 0 Å². The molecule has 6 nitrogen and oxygen atoms in total. The number of aryl methyl sites for hydroxylation is 1. The van der Waals surface area contributed by atoms with Crippen LogP contribution >= 0.6 is 0 Å². The molecule has 104 valence electrons. The van der Waals surface area contributed by atoms with Crippen LogP contribution < -0.4 is 4.74 Å². The van der Waals surface area contributed by atoms with Crippen LogP contribution in [0.15, 0.2) is 24.5 Å². The van der Waals surface area contributed by atoms with E-state index in [-0.39, 0.29) is 16.2 Å². The summed E-state index contributed by atoms with van der Waals surface area (Å²) in [6.45, 7) is 3.95. The van der Waals surface area contributed by atoms with E-state index < -0.39 is 0 Å². The standard InChI is InChI=1S/C14H15N3O3/c1-14(2)6-9-4-12(17(18)19)11(5-13(9)20-14)10-7-15-16(3)8-10/h4-5,7-8H,6H2,1-3H3. The Balaban J connectivity index is 2.17. The Labute approximate surface area is 116 Å². The number of nitro benzene ring substituents is 1. The summed E-state index contributed by atoms with van der Waals surface area (Å²) >= 11 is 0. The molecule has 0 aliphatic carbocycles. The van der Waals surface area contributed by atoms with Crippen LogP contribution in [-0.4, -0.2) is 20.3 Å². The van der Waals surface area contributed by atoms with Crippen molar-refractivity contribution in [2.24, 2.45) is 7.05 Å². The minimum Gasteiger partial charge on any atom is -0.487 e. The summed E-state index contributed by atoms with van der Waals surface area (Å²) in [4.78, 5) is 10.9. The van der Waals surface area contributed by atoms with Gasteiger partial charge in [-0.05, 0) is 19.9 Å². The Hall–Kier alpha value is -2.37. The molecule has 3 rings (SSSR count). The molecule has 1 aliphatic heterocycles. The number of aromatic nitrogens is 2. The highest BCUT2D eigenvalue weighted by atomic mass is 16.6. The van der Waals surface area contributed by atoms with Crippen LogP contribution in [0.25, 0.3) is 11.1 Å². The molecular formula is C14H15N3O3. The molecule has 0 amide bonds. The quantitative estimate of drug-likeness (QED) is 0.623. The molecule has 1 aromatic carbocycles. The monoisotopic (exact) mass is 273 g/mol. The Morgan fingerprint density at radius 2 is 2.20 bits per heavy atom. The van der Waals surface area contributed by atoms with E-state index in [2.05, 4.69) is 5.10 Å². The zero-order valence-corrected chi connectivity index (χ0v) is 11.6. The number of hydrogen-bond donors (Lipinski definition) is 0. The second-order valence-electron chi connectivity index (χ2n) is 5.68. The molecule has 0 bridgehead atoms. The molecule has 0 saturated carbocycles. The van der Waals surface area contributed by atoms with Crippen molar-refractivity contribution in [3.63, 3.8) is 0 Å². The summed E-state index contributed by atoms with van der Waals surface area (Å²) in [6, 6.07) is 3.37. The van der Waals surface area contributed by atoms with Gasteiger partial charge in [0.1, 0.15) is 11.4 Å². The lowest BCUT2D eigenvalue weighted by Crippen LogP contribution is -2.24. The molecule has 0 spiro atoms. The largest absolute Gasteiger partial charge is 0.487 e. The van der Waals surface area contributed by atoms with Gasteiger partial charge in [-0.1, -0.05) is 0 Å². The summed E-state index contributed by atoms with van der Waals surface area (Å²) in [5, 5.41) is 15.4.